The zero-order valence-electron chi connectivity index (χ0n) is 13.1. The molecule has 5 spiro atoms. The van der Waals surface area contributed by atoms with E-state index in [1.165, 1.54) is 0 Å². The quantitative estimate of drug-likeness (QED) is 0.518. The lowest BCUT2D eigenvalue weighted by atomic mass is 9.35. The fourth-order valence-electron chi connectivity index (χ4n) is 9.73. The van der Waals surface area contributed by atoms with Crippen LogP contribution >= 0.6 is 0 Å². The van der Waals surface area contributed by atoms with Crippen LogP contribution in [0.1, 0.15) is 96.3 Å². The Morgan fingerprint density at radius 1 is 0.250 bits per heavy atom. The van der Waals surface area contributed by atoms with E-state index in [0.717, 1.165) is 27.1 Å². The Morgan fingerprint density at radius 2 is 0.400 bits per heavy atom. The molecular formula is C20H30. The Hall–Kier alpha value is 0. The lowest BCUT2D eigenvalue weighted by molar-refractivity contribution is -0.201. The minimum absolute atomic E-state index is 0.872. The van der Waals surface area contributed by atoms with Crippen LogP contribution in [0, 0.1) is 27.1 Å². The van der Waals surface area contributed by atoms with Gasteiger partial charge in [-0.2, -0.15) is 0 Å². The minimum atomic E-state index is 0.872. The van der Waals surface area contributed by atoms with Crippen LogP contribution < -0.4 is 0 Å². The summed E-state index contributed by atoms with van der Waals surface area (Å²) in [5.74, 6) is 0. The number of hydrogen-bond donors (Lipinski definition) is 0. The van der Waals surface area contributed by atoms with Crippen molar-refractivity contribution in [3.05, 3.63) is 0 Å². The molecule has 0 nitrogen and oxygen atoms in total. The molecule has 0 unspecified atom stereocenters. The first-order valence-corrected chi connectivity index (χ1v) is 9.79. The standard InChI is InChI=1S/C20H30/c1-6-16(7-1)17(8-2-9-17)19(12-4-13-19)20(14-5-15-20)18(16)10-3-11-18/h1-15H2. The molecule has 0 heterocycles. The molecule has 0 aromatic heterocycles. The van der Waals surface area contributed by atoms with Crippen LogP contribution in [0.25, 0.3) is 0 Å². The Kier molecular flexibility index (Phi) is 1.76. The summed E-state index contributed by atoms with van der Waals surface area (Å²) in [6, 6.07) is 0. The van der Waals surface area contributed by atoms with E-state index in [9.17, 15) is 0 Å². The van der Waals surface area contributed by atoms with Crippen molar-refractivity contribution in [2.24, 2.45) is 27.1 Å². The van der Waals surface area contributed by atoms with Crippen molar-refractivity contribution in [3.63, 3.8) is 0 Å². The summed E-state index contributed by atoms with van der Waals surface area (Å²) in [7, 11) is 0. The van der Waals surface area contributed by atoms with Gasteiger partial charge in [0.1, 0.15) is 0 Å². The van der Waals surface area contributed by atoms with Crippen molar-refractivity contribution in [2.75, 3.05) is 0 Å². The van der Waals surface area contributed by atoms with Gasteiger partial charge in [0.25, 0.3) is 0 Å². The Morgan fingerprint density at radius 3 is 0.450 bits per heavy atom. The molecular weight excluding hydrogens is 240 g/mol. The normalized spacial score (nSPS) is 42.0. The zero-order chi connectivity index (χ0) is 13.1. The maximum atomic E-state index is 1.65. The molecule has 20 heavy (non-hydrogen) atoms. The van der Waals surface area contributed by atoms with Crippen molar-refractivity contribution in [3.8, 4) is 0 Å². The monoisotopic (exact) mass is 270 g/mol. The van der Waals surface area contributed by atoms with E-state index in [1.807, 2.05) is 0 Å². The fourth-order valence-corrected chi connectivity index (χ4v) is 9.73. The highest BCUT2D eigenvalue weighted by Gasteiger charge is 2.89. The van der Waals surface area contributed by atoms with Crippen molar-refractivity contribution in [1.82, 2.24) is 0 Å². The average molecular weight is 270 g/mol. The van der Waals surface area contributed by atoms with Crippen LogP contribution in [0.4, 0.5) is 0 Å². The molecule has 0 atom stereocenters. The molecule has 110 valence electrons. The molecule has 0 saturated heterocycles. The average Bonchev–Trinajstić information content (AvgIpc) is 2.40. The van der Waals surface area contributed by atoms with Crippen molar-refractivity contribution >= 4 is 0 Å². The minimum Gasteiger partial charge on any atom is -0.0522 e. The second-order valence-electron chi connectivity index (χ2n) is 9.68. The lowest BCUT2D eigenvalue weighted by Gasteiger charge is -2.69. The maximum Gasteiger partial charge on any atom is -0.0173 e. The molecule has 0 radical (unpaired) electrons. The van der Waals surface area contributed by atoms with E-state index in [4.69, 9.17) is 0 Å². The third-order valence-corrected chi connectivity index (χ3v) is 10.6. The van der Waals surface area contributed by atoms with Crippen LogP contribution in [-0.2, 0) is 0 Å². The van der Waals surface area contributed by atoms with Gasteiger partial charge in [0.05, 0.1) is 0 Å². The zero-order valence-corrected chi connectivity index (χ0v) is 13.1. The van der Waals surface area contributed by atoms with Gasteiger partial charge < -0.3 is 0 Å². The first kappa shape index (κ1) is 11.6. The second-order valence-corrected chi connectivity index (χ2v) is 9.68. The molecule has 6 rings (SSSR count). The number of fused-ring (bicyclic) bond motifs is 5. The summed E-state index contributed by atoms with van der Waals surface area (Å²) < 4.78 is 0. The van der Waals surface area contributed by atoms with Gasteiger partial charge in [-0.3, -0.25) is 0 Å². The Labute approximate surface area is 124 Å². The van der Waals surface area contributed by atoms with Crippen molar-refractivity contribution in [1.29, 1.82) is 0 Å². The topological polar surface area (TPSA) is 0 Å². The molecule has 0 heteroatoms. The molecule has 0 N–H and O–H groups in total. The van der Waals surface area contributed by atoms with Gasteiger partial charge in [0.2, 0.25) is 0 Å². The van der Waals surface area contributed by atoms with Crippen molar-refractivity contribution < 1.29 is 0 Å². The second kappa shape index (κ2) is 3.04. The van der Waals surface area contributed by atoms with Crippen LogP contribution in [0.15, 0.2) is 0 Å². The Balaban J connectivity index is 1.63. The summed E-state index contributed by atoms with van der Waals surface area (Å²) in [5.41, 5.74) is 4.36. The van der Waals surface area contributed by atoms with Gasteiger partial charge in [-0.05, 0) is 91.3 Å². The third kappa shape index (κ3) is 0.720. The van der Waals surface area contributed by atoms with Gasteiger partial charge in [-0.15, -0.1) is 0 Å². The molecule has 0 amide bonds. The van der Waals surface area contributed by atoms with Gasteiger partial charge >= 0.3 is 0 Å². The molecule has 0 aromatic carbocycles. The molecule has 6 saturated carbocycles. The SMILES string of the molecule is C1CC2(C1)C1(CCC1)C1(CCC1)C1(CCC1)C21CCC1. The van der Waals surface area contributed by atoms with Crippen LogP contribution in [0.2, 0.25) is 0 Å². The number of hydrogen-bond acceptors (Lipinski definition) is 0. The highest BCUT2D eigenvalue weighted by Crippen LogP contribution is 2.97. The first-order valence-electron chi connectivity index (χ1n) is 9.79. The smallest absolute Gasteiger partial charge is 0.0173 e. The van der Waals surface area contributed by atoms with Crippen LogP contribution in [-0.4, -0.2) is 0 Å². The van der Waals surface area contributed by atoms with Crippen LogP contribution in [0.5, 0.6) is 0 Å². The van der Waals surface area contributed by atoms with E-state index in [0.29, 0.717) is 0 Å². The third-order valence-electron chi connectivity index (χ3n) is 10.6. The predicted octanol–water partition coefficient (Wildman–Crippen LogP) is 5.85. The lowest BCUT2D eigenvalue weighted by Crippen LogP contribution is -2.60. The fraction of sp³-hybridized carbons (Fsp3) is 1.00. The maximum absolute atomic E-state index is 1.65. The number of rotatable bonds is 0. The van der Waals surface area contributed by atoms with E-state index in [2.05, 4.69) is 0 Å². The largest absolute Gasteiger partial charge is 0.0522 e. The Bertz CT molecular complexity index is 340. The molecule has 0 aliphatic heterocycles. The van der Waals surface area contributed by atoms with Crippen molar-refractivity contribution in [2.45, 2.75) is 96.3 Å². The van der Waals surface area contributed by atoms with Crippen LogP contribution in [0.3, 0.4) is 0 Å². The highest BCUT2D eigenvalue weighted by molar-refractivity contribution is 5.37. The van der Waals surface area contributed by atoms with Gasteiger partial charge in [0.15, 0.2) is 0 Å². The molecule has 0 aromatic rings. The summed E-state index contributed by atoms with van der Waals surface area (Å²) in [4.78, 5) is 0. The van der Waals surface area contributed by atoms with Gasteiger partial charge in [-0.25, -0.2) is 0 Å². The summed E-state index contributed by atoms with van der Waals surface area (Å²) in [6.45, 7) is 0. The molecule has 6 aliphatic rings. The van der Waals surface area contributed by atoms with E-state index < -0.39 is 0 Å². The molecule has 6 fully saturated rings. The summed E-state index contributed by atoms with van der Waals surface area (Å²) in [5, 5.41) is 0. The van der Waals surface area contributed by atoms with Gasteiger partial charge in [-0.1, -0.05) is 32.1 Å². The van der Waals surface area contributed by atoms with E-state index in [1.54, 1.807) is 96.3 Å². The highest BCUT2D eigenvalue weighted by atomic mass is 14.9. The molecule has 6 aliphatic carbocycles. The van der Waals surface area contributed by atoms with Gasteiger partial charge in [0, 0.05) is 0 Å². The van der Waals surface area contributed by atoms with E-state index in [-0.39, 0.29) is 0 Å². The molecule has 0 bridgehead atoms. The predicted molar refractivity (Wildman–Crippen MR) is 81.4 cm³/mol. The first-order chi connectivity index (χ1) is 9.79. The van der Waals surface area contributed by atoms with E-state index >= 15 is 0 Å². The summed E-state index contributed by atoms with van der Waals surface area (Å²) >= 11 is 0. The summed E-state index contributed by atoms with van der Waals surface area (Å²) in [6.07, 6.45) is 24.4.